The Morgan fingerprint density at radius 1 is 1.00 bits per heavy atom. The van der Waals surface area contributed by atoms with Crippen molar-refractivity contribution in [1.82, 2.24) is 14.9 Å². The van der Waals surface area contributed by atoms with Crippen molar-refractivity contribution in [2.24, 2.45) is 5.10 Å². The maximum atomic E-state index is 13.0. The lowest BCUT2D eigenvalue weighted by Gasteiger charge is -2.13. The van der Waals surface area contributed by atoms with Crippen molar-refractivity contribution in [3.8, 4) is 11.5 Å². The molecule has 0 aliphatic heterocycles. The van der Waals surface area contributed by atoms with Crippen molar-refractivity contribution >= 4 is 39.3 Å². The maximum absolute atomic E-state index is 13.0. The normalized spacial score (nSPS) is 11.8. The van der Waals surface area contributed by atoms with Gasteiger partial charge < -0.3 is 8.92 Å². The van der Waals surface area contributed by atoms with Gasteiger partial charge in [0.1, 0.15) is 4.90 Å². The molecule has 8 nitrogen and oxygen atoms in total. The van der Waals surface area contributed by atoms with Crippen LogP contribution in [0.15, 0.2) is 88.9 Å². The summed E-state index contributed by atoms with van der Waals surface area (Å²) in [6, 6.07) is 24.4. The molecule has 0 amide bonds. The molecule has 39 heavy (non-hydrogen) atoms. The molecule has 1 aromatic heterocycles. The van der Waals surface area contributed by atoms with E-state index < -0.39 is 10.1 Å². The summed E-state index contributed by atoms with van der Waals surface area (Å²) in [5.41, 5.74) is 3.17. The molecule has 1 N–H and O–H groups in total. The lowest BCUT2D eigenvalue weighted by molar-refractivity contribution is 0.390. The third-order valence-electron chi connectivity index (χ3n) is 6.27. The molecule has 0 aliphatic rings. The van der Waals surface area contributed by atoms with Gasteiger partial charge >= 0.3 is 10.1 Å². The zero-order chi connectivity index (χ0) is 27.6. The molecule has 1 heterocycles. The molecule has 4 aromatic carbocycles. The lowest BCUT2D eigenvalue weighted by Crippen LogP contribution is -2.12. The second kappa shape index (κ2) is 10.8. The van der Waals surface area contributed by atoms with E-state index in [1.54, 1.807) is 42.1 Å². The molecule has 5 aromatic rings. The summed E-state index contributed by atoms with van der Waals surface area (Å²) in [5.74, 6) is 0.978. The minimum atomic E-state index is -4.06. The number of ether oxygens (including phenoxy) is 1. The molecule has 0 aliphatic carbocycles. The van der Waals surface area contributed by atoms with E-state index in [2.05, 4.69) is 39.6 Å². The fraction of sp³-hybridized carbons (Fsp3) is 0.138. The zero-order valence-electron chi connectivity index (χ0n) is 21.6. The van der Waals surface area contributed by atoms with Gasteiger partial charge in [-0.3, -0.25) is 5.10 Å². The monoisotopic (exact) mass is 558 g/mol. The first-order valence-electron chi connectivity index (χ1n) is 12.1. The highest BCUT2D eigenvalue weighted by Gasteiger charge is 2.21. The van der Waals surface area contributed by atoms with Crippen molar-refractivity contribution in [2.45, 2.75) is 25.2 Å². The molecule has 10 heteroatoms. The highest BCUT2D eigenvalue weighted by molar-refractivity contribution is 7.87. The van der Waals surface area contributed by atoms with Crippen molar-refractivity contribution < 1.29 is 17.3 Å². The van der Waals surface area contributed by atoms with Gasteiger partial charge in [-0.25, -0.2) is 0 Å². The van der Waals surface area contributed by atoms with Crippen molar-refractivity contribution in [1.29, 1.82) is 0 Å². The maximum Gasteiger partial charge on any atom is 0.339 e. The lowest BCUT2D eigenvalue weighted by atomic mass is 10.0. The molecule has 0 spiro atoms. The average Bonchev–Trinajstić information content (AvgIpc) is 3.28. The minimum absolute atomic E-state index is 0.0760. The molecule has 0 atom stereocenters. The van der Waals surface area contributed by atoms with E-state index >= 15 is 0 Å². The Balaban J connectivity index is 1.41. The van der Waals surface area contributed by atoms with Gasteiger partial charge in [-0.15, -0.1) is 0 Å². The molecule has 0 unspecified atom stereocenters. The van der Waals surface area contributed by atoms with Gasteiger partial charge in [0.05, 0.1) is 13.3 Å². The first-order chi connectivity index (χ1) is 18.7. The number of aromatic amines is 1. The van der Waals surface area contributed by atoms with Crippen LogP contribution in [-0.4, -0.2) is 36.6 Å². The third-order valence-corrected chi connectivity index (χ3v) is 7.91. The Labute approximate surface area is 231 Å². The van der Waals surface area contributed by atoms with E-state index in [0.29, 0.717) is 28.1 Å². The van der Waals surface area contributed by atoms with Gasteiger partial charge in [-0.2, -0.15) is 23.3 Å². The Bertz CT molecular complexity index is 1870. The number of nitrogens with zero attached hydrogens (tertiary/aromatic N) is 3. The quantitative estimate of drug-likeness (QED) is 0.143. The number of hydrogen-bond donors (Lipinski definition) is 1. The second-order valence-corrected chi connectivity index (χ2v) is 10.9. The van der Waals surface area contributed by atoms with Crippen LogP contribution in [0.3, 0.4) is 0 Å². The van der Waals surface area contributed by atoms with Gasteiger partial charge in [0.15, 0.2) is 17.3 Å². The van der Waals surface area contributed by atoms with E-state index in [4.69, 9.17) is 21.1 Å². The van der Waals surface area contributed by atoms with Gasteiger partial charge in [0, 0.05) is 6.42 Å². The zero-order valence-corrected chi connectivity index (χ0v) is 23.2. The van der Waals surface area contributed by atoms with Crippen LogP contribution in [0.25, 0.3) is 10.8 Å². The summed E-state index contributed by atoms with van der Waals surface area (Å²) in [7, 11) is -2.61. The van der Waals surface area contributed by atoms with Gasteiger partial charge in [-0.05, 0) is 83.4 Å². The summed E-state index contributed by atoms with van der Waals surface area (Å²) in [6.45, 7) is 3.55. The number of hydrogen-bond acceptors (Lipinski definition) is 7. The van der Waals surface area contributed by atoms with E-state index in [0.717, 1.165) is 21.9 Å². The molecule has 198 valence electrons. The highest BCUT2D eigenvalue weighted by Crippen LogP contribution is 2.31. The van der Waals surface area contributed by atoms with Crippen LogP contribution in [-0.2, 0) is 16.5 Å². The first kappa shape index (κ1) is 26.3. The van der Waals surface area contributed by atoms with Crippen molar-refractivity contribution in [3.63, 3.8) is 0 Å². The molecule has 5 rings (SSSR count). The average molecular weight is 559 g/mol. The molecule has 0 bridgehead atoms. The number of methoxy groups -OCH3 is 1. The Morgan fingerprint density at radius 3 is 2.62 bits per heavy atom. The summed E-state index contributed by atoms with van der Waals surface area (Å²) >= 11 is 5.42. The highest BCUT2D eigenvalue weighted by atomic mass is 32.2. The number of benzene rings is 4. The largest absolute Gasteiger partial charge is 0.493 e. The summed E-state index contributed by atoms with van der Waals surface area (Å²) in [4.78, 5) is 0.114. The summed E-state index contributed by atoms with van der Waals surface area (Å²) in [5, 5.41) is 14.0. The van der Waals surface area contributed by atoms with Crippen LogP contribution in [0.2, 0.25) is 0 Å². The molecule has 0 radical (unpaired) electrons. The number of rotatable bonds is 8. The fourth-order valence-corrected chi connectivity index (χ4v) is 5.73. The Kier molecular flexibility index (Phi) is 7.32. The Morgan fingerprint density at radius 2 is 1.79 bits per heavy atom. The Hall–Kier alpha value is -4.28. The predicted molar refractivity (Wildman–Crippen MR) is 154 cm³/mol. The van der Waals surface area contributed by atoms with Crippen molar-refractivity contribution in [3.05, 3.63) is 112 Å². The second-order valence-electron chi connectivity index (χ2n) is 9.03. The molecule has 0 saturated carbocycles. The first-order valence-corrected chi connectivity index (χ1v) is 13.9. The van der Waals surface area contributed by atoms with E-state index in [9.17, 15) is 8.42 Å². The third kappa shape index (κ3) is 5.62. The van der Waals surface area contributed by atoms with E-state index in [-0.39, 0.29) is 16.4 Å². The van der Waals surface area contributed by atoms with Crippen LogP contribution >= 0.6 is 12.2 Å². The fourth-order valence-electron chi connectivity index (χ4n) is 4.27. The molecule has 0 saturated heterocycles. The van der Waals surface area contributed by atoms with Gasteiger partial charge in [0.25, 0.3) is 0 Å². The van der Waals surface area contributed by atoms with E-state index in [1.165, 1.54) is 13.2 Å². The SMILES string of the molecule is COc1cc(/C=N/n2c(Cc3cccc4ccccc34)n[nH]c2=S)ccc1OS(=O)(=O)c1cc(C)ccc1C. The molecular weight excluding hydrogens is 532 g/mol. The van der Waals surface area contributed by atoms with E-state index in [1.807, 2.05) is 31.2 Å². The molecule has 0 fully saturated rings. The van der Waals surface area contributed by atoms with Crippen LogP contribution < -0.4 is 8.92 Å². The number of aromatic nitrogens is 3. The number of aryl methyl sites for hydroxylation is 2. The molecular formula is C29H26N4O4S2. The van der Waals surface area contributed by atoms with Gasteiger partial charge in [-0.1, -0.05) is 54.6 Å². The number of H-pyrrole nitrogens is 1. The standard InChI is InChI=1S/C29H26N4O4S2/c1-19-11-12-20(2)27(15-19)39(34,35)37-25-14-13-21(16-26(25)36-3)18-30-33-28(31-32-29(33)38)17-23-9-6-8-22-7-4-5-10-24(22)23/h4-16,18H,17H2,1-3H3,(H,32,38)/b30-18+. The smallest absolute Gasteiger partial charge is 0.339 e. The summed E-state index contributed by atoms with van der Waals surface area (Å²) in [6.07, 6.45) is 2.13. The number of fused-ring (bicyclic) bond motifs is 1. The predicted octanol–water partition coefficient (Wildman–Crippen LogP) is 5.96. The summed E-state index contributed by atoms with van der Waals surface area (Å²) < 4.78 is 38.8. The van der Waals surface area contributed by atoms with Crippen LogP contribution in [0.1, 0.15) is 28.1 Å². The van der Waals surface area contributed by atoms with Crippen LogP contribution in [0.4, 0.5) is 0 Å². The van der Waals surface area contributed by atoms with Gasteiger partial charge in [0.2, 0.25) is 4.77 Å². The van der Waals surface area contributed by atoms with Crippen LogP contribution in [0.5, 0.6) is 11.5 Å². The van der Waals surface area contributed by atoms with Crippen LogP contribution in [0, 0.1) is 18.6 Å². The number of nitrogens with one attached hydrogen (secondary N) is 1. The minimum Gasteiger partial charge on any atom is -0.493 e. The van der Waals surface area contributed by atoms with Crippen molar-refractivity contribution in [2.75, 3.05) is 7.11 Å². The topological polar surface area (TPSA) is 98.6 Å².